The lowest BCUT2D eigenvalue weighted by atomic mass is 10.2. The second-order valence-electron chi connectivity index (χ2n) is 6.44. The molecule has 0 saturated carbocycles. The van der Waals surface area contributed by atoms with Gasteiger partial charge in [-0.15, -0.1) is 10.2 Å². The minimum Gasteiger partial charge on any atom is -0.496 e. The van der Waals surface area contributed by atoms with E-state index in [-0.39, 0.29) is 17.4 Å². The maximum Gasteiger partial charge on any atom is 0.387 e. The average Bonchev–Trinajstić information content (AvgIpc) is 3.13. The van der Waals surface area contributed by atoms with E-state index >= 15 is 0 Å². The van der Waals surface area contributed by atoms with Crippen LogP contribution in [-0.2, 0) is 11.3 Å². The van der Waals surface area contributed by atoms with Crippen LogP contribution in [0, 0.1) is 0 Å². The van der Waals surface area contributed by atoms with Gasteiger partial charge in [-0.1, -0.05) is 36.0 Å². The Balaban J connectivity index is 1.59. The Morgan fingerprint density at radius 1 is 1.19 bits per heavy atom. The van der Waals surface area contributed by atoms with Crippen LogP contribution in [0.3, 0.4) is 0 Å². The number of methoxy groups -OCH3 is 1. The summed E-state index contributed by atoms with van der Waals surface area (Å²) in [7, 11) is 3.21. The van der Waals surface area contributed by atoms with Gasteiger partial charge in [0.2, 0.25) is 11.1 Å². The maximum atomic E-state index is 12.5. The molecule has 1 amide bonds. The number of ether oxygens (including phenoxy) is 2. The van der Waals surface area contributed by atoms with E-state index in [0.29, 0.717) is 28.8 Å². The van der Waals surface area contributed by atoms with Crippen LogP contribution in [0.4, 0.5) is 8.78 Å². The number of benzene rings is 2. The number of carbonyl (C=O) groups excluding carboxylic acids is 1. The lowest BCUT2D eigenvalue weighted by Crippen LogP contribution is -2.28. The second-order valence-corrected chi connectivity index (χ2v) is 7.38. The Bertz CT molecular complexity index is 1030. The number of halogens is 2. The van der Waals surface area contributed by atoms with Crippen molar-refractivity contribution >= 4 is 17.7 Å². The molecule has 0 aliphatic heterocycles. The molecule has 0 saturated heterocycles. The number of rotatable bonds is 9. The van der Waals surface area contributed by atoms with E-state index in [1.165, 1.54) is 21.7 Å². The standard InChI is InChI=1S/C20H21F2N5O3S/c1-26(11-13-7-9-14(10-8-13)30-19(21)22)17(28)12-31-20-25-24-18(27(20)23)15-5-3-4-6-16(15)29-2/h3-10,19H,11-12,23H2,1-2H3. The summed E-state index contributed by atoms with van der Waals surface area (Å²) in [4.78, 5) is 14.0. The van der Waals surface area contributed by atoms with Gasteiger partial charge in [0.15, 0.2) is 5.82 Å². The highest BCUT2D eigenvalue weighted by Crippen LogP contribution is 2.29. The molecule has 11 heteroatoms. The Hall–Kier alpha value is -3.34. The summed E-state index contributed by atoms with van der Waals surface area (Å²) in [5.74, 6) is 7.17. The van der Waals surface area contributed by atoms with Gasteiger partial charge in [-0.2, -0.15) is 8.78 Å². The molecule has 0 bridgehead atoms. The van der Waals surface area contributed by atoms with Crippen molar-refractivity contribution in [3.05, 3.63) is 54.1 Å². The predicted octanol–water partition coefficient (Wildman–Crippen LogP) is 3.02. The summed E-state index contributed by atoms with van der Waals surface area (Å²) in [5, 5.41) is 8.56. The van der Waals surface area contributed by atoms with E-state index in [9.17, 15) is 13.6 Å². The van der Waals surface area contributed by atoms with Gasteiger partial charge >= 0.3 is 6.61 Å². The number of hydrogen-bond donors (Lipinski definition) is 1. The average molecular weight is 449 g/mol. The van der Waals surface area contributed by atoms with E-state index < -0.39 is 6.61 Å². The van der Waals surface area contributed by atoms with Gasteiger partial charge in [0, 0.05) is 13.6 Å². The molecule has 3 rings (SSSR count). The fourth-order valence-corrected chi connectivity index (χ4v) is 3.56. The summed E-state index contributed by atoms with van der Waals surface area (Å²) < 4.78 is 35.4. The number of nitrogen functional groups attached to an aromatic ring is 1. The highest BCUT2D eigenvalue weighted by atomic mass is 32.2. The van der Waals surface area contributed by atoms with E-state index in [4.69, 9.17) is 10.6 Å². The van der Waals surface area contributed by atoms with Crippen LogP contribution < -0.4 is 15.3 Å². The number of alkyl halides is 2. The summed E-state index contributed by atoms with van der Waals surface area (Å²) in [6.45, 7) is -2.56. The Morgan fingerprint density at radius 3 is 2.58 bits per heavy atom. The van der Waals surface area contributed by atoms with Gasteiger partial charge in [0.25, 0.3) is 0 Å². The molecule has 1 aromatic heterocycles. The van der Waals surface area contributed by atoms with Crippen molar-refractivity contribution in [1.29, 1.82) is 0 Å². The molecule has 2 aromatic carbocycles. The Morgan fingerprint density at radius 2 is 1.90 bits per heavy atom. The first kappa shape index (κ1) is 22.3. The largest absolute Gasteiger partial charge is 0.496 e. The molecule has 0 unspecified atom stereocenters. The summed E-state index contributed by atoms with van der Waals surface area (Å²) >= 11 is 1.16. The summed E-state index contributed by atoms with van der Waals surface area (Å²) in [6, 6.07) is 13.4. The molecule has 8 nitrogen and oxygen atoms in total. The third-order valence-corrected chi connectivity index (χ3v) is 5.26. The third kappa shape index (κ3) is 5.63. The van der Waals surface area contributed by atoms with Crippen molar-refractivity contribution < 1.29 is 23.0 Å². The third-order valence-electron chi connectivity index (χ3n) is 4.33. The van der Waals surface area contributed by atoms with E-state index in [0.717, 1.165) is 17.3 Å². The highest BCUT2D eigenvalue weighted by molar-refractivity contribution is 7.99. The minimum atomic E-state index is -2.87. The van der Waals surface area contributed by atoms with Gasteiger partial charge in [-0.05, 0) is 29.8 Å². The monoisotopic (exact) mass is 449 g/mol. The molecule has 2 N–H and O–H groups in total. The zero-order chi connectivity index (χ0) is 22.4. The van der Waals surface area contributed by atoms with Gasteiger partial charge in [0.05, 0.1) is 18.4 Å². The second kappa shape index (κ2) is 10.1. The minimum absolute atomic E-state index is 0.0661. The predicted molar refractivity (Wildman–Crippen MR) is 112 cm³/mol. The number of nitrogens with two attached hydrogens (primary N) is 1. The van der Waals surface area contributed by atoms with Crippen molar-refractivity contribution in [2.75, 3.05) is 25.8 Å². The number of amides is 1. The Labute approximate surface area is 181 Å². The van der Waals surface area contributed by atoms with Crippen molar-refractivity contribution in [1.82, 2.24) is 19.8 Å². The van der Waals surface area contributed by atoms with Crippen LogP contribution in [0.25, 0.3) is 11.4 Å². The first-order chi connectivity index (χ1) is 14.9. The molecule has 0 radical (unpaired) electrons. The van der Waals surface area contributed by atoms with E-state index in [1.807, 2.05) is 18.2 Å². The molecule has 0 aliphatic carbocycles. The number of carbonyl (C=O) groups is 1. The molecule has 164 valence electrons. The van der Waals surface area contributed by atoms with Crippen molar-refractivity contribution in [2.45, 2.75) is 18.3 Å². The van der Waals surface area contributed by atoms with Gasteiger partial charge in [-0.25, -0.2) is 4.68 Å². The topological polar surface area (TPSA) is 95.5 Å². The zero-order valence-corrected chi connectivity index (χ0v) is 17.7. The van der Waals surface area contributed by atoms with Crippen LogP contribution in [0.5, 0.6) is 11.5 Å². The van der Waals surface area contributed by atoms with E-state index in [2.05, 4.69) is 14.9 Å². The van der Waals surface area contributed by atoms with Crippen LogP contribution >= 0.6 is 11.8 Å². The van der Waals surface area contributed by atoms with Gasteiger partial charge in [0.1, 0.15) is 11.5 Å². The normalized spacial score (nSPS) is 10.9. The van der Waals surface area contributed by atoms with Crippen molar-refractivity contribution in [2.24, 2.45) is 0 Å². The molecular formula is C20H21F2N5O3S. The lowest BCUT2D eigenvalue weighted by Gasteiger charge is -2.17. The number of aromatic nitrogens is 3. The summed E-state index contributed by atoms with van der Waals surface area (Å²) in [5.41, 5.74) is 1.47. The van der Waals surface area contributed by atoms with Crippen LogP contribution in [-0.4, -0.2) is 52.2 Å². The molecule has 1 heterocycles. The number of thioether (sulfide) groups is 1. The molecule has 0 fully saturated rings. The van der Waals surface area contributed by atoms with Crippen molar-refractivity contribution in [3.8, 4) is 22.9 Å². The van der Waals surface area contributed by atoms with Gasteiger partial charge in [-0.3, -0.25) is 4.79 Å². The lowest BCUT2D eigenvalue weighted by molar-refractivity contribution is -0.127. The first-order valence-electron chi connectivity index (χ1n) is 9.13. The summed E-state index contributed by atoms with van der Waals surface area (Å²) in [6.07, 6.45) is 0. The number of nitrogens with zero attached hydrogens (tertiary/aromatic N) is 4. The number of hydrogen-bond acceptors (Lipinski definition) is 7. The molecule has 0 aliphatic rings. The van der Waals surface area contributed by atoms with E-state index in [1.54, 1.807) is 32.4 Å². The Kier molecular flexibility index (Phi) is 7.29. The SMILES string of the molecule is COc1ccccc1-c1nnc(SCC(=O)N(C)Cc2ccc(OC(F)F)cc2)n1N. The van der Waals surface area contributed by atoms with Crippen LogP contribution in [0.2, 0.25) is 0 Å². The fourth-order valence-electron chi connectivity index (χ4n) is 2.76. The van der Waals surface area contributed by atoms with Crippen LogP contribution in [0.1, 0.15) is 5.56 Å². The van der Waals surface area contributed by atoms with Crippen LogP contribution in [0.15, 0.2) is 53.7 Å². The fraction of sp³-hybridized carbons (Fsp3) is 0.250. The number of para-hydroxylation sites is 1. The quantitative estimate of drug-likeness (QED) is 0.396. The first-order valence-corrected chi connectivity index (χ1v) is 10.1. The molecule has 3 aromatic rings. The zero-order valence-electron chi connectivity index (χ0n) is 16.9. The van der Waals surface area contributed by atoms with Gasteiger partial charge < -0.3 is 20.2 Å². The van der Waals surface area contributed by atoms with Crippen molar-refractivity contribution in [3.63, 3.8) is 0 Å². The molecule has 0 spiro atoms. The smallest absolute Gasteiger partial charge is 0.387 e. The highest BCUT2D eigenvalue weighted by Gasteiger charge is 2.18. The molecule has 31 heavy (non-hydrogen) atoms. The maximum absolute atomic E-state index is 12.5. The molecular weight excluding hydrogens is 428 g/mol. The molecule has 0 atom stereocenters.